The van der Waals surface area contributed by atoms with Crippen LogP contribution in [0, 0.1) is 0 Å². The highest BCUT2D eigenvalue weighted by atomic mass is 16.5. The zero-order chi connectivity index (χ0) is 17.6. The molecular formula is C20H24N2O3. The van der Waals surface area contributed by atoms with E-state index >= 15 is 0 Å². The van der Waals surface area contributed by atoms with Gasteiger partial charge in [-0.2, -0.15) is 0 Å². The summed E-state index contributed by atoms with van der Waals surface area (Å²) in [7, 11) is 1.63. The van der Waals surface area contributed by atoms with Crippen LogP contribution in [-0.2, 0) is 13.0 Å². The SMILES string of the molecule is CCCc1nc2ccccc2n1C[C@@H](O)COc1ccc(OC)cc1. The van der Waals surface area contributed by atoms with E-state index < -0.39 is 6.10 Å². The van der Waals surface area contributed by atoms with Crippen LogP contribution in [-0.4, -0.2) is 34.5 Å². The number of aliphatic hydroxyl groups is 1. The average Bonchev–Trinajstić information content (AvgIpc) is 2.98. The van der Waals surface area contributed by atoms with Crippen molar-refractivity contribution in [2.24, 2.45) is 0 Å². The minimum atomic E-state index is -0.615. The molecular weight excluding hydrogens is 316 g/mol. The van der Waals surface area contributed by atoms with Crippen LogP contribution in [0.3, 0.4) is 0 Å². The molecule has 0 amide bonds. The van der Waals surface area contributed by atoms with Crippen LogP contribution in [0.4, 0.5) is 0 Å². The molecule has 0 aliphatic heterocycles. The molecule has 0 saturated heterocycles. The van der Waals surface area contributed by atoms with Gasteiger partial charge in [0.05, 0.1) is 24.7 Å². The first kappa shape index (κ1) is 17.3. The topological polar surface area (TPSA) is 56.5 Å². The number of hydrogen-bond donors (Lipinski definition) is 1. The molecule has 1 atom stereocenters. The molecule has 0 fully saturated rings. The van der Waals surface area contributed by atoms with E-state index in [0.29, 0.717) is 12.3 Å². The summed E-state index contributed by atoms with van der Waals surface area (Å²) >= 11 is 0. The van der Waals surface area contributed by atoms with Gasteiger partial charge in [0.2, 0.25) is 0 Å². The van der Waals surface area contributed by atoms with Crippen LogP contribution in [0.25, 0.3) is 11.0 Å². The van der Waals surface area contributed by atoms with Crippen molar-refractivity contribution in [1.82, 2.24) is 9.55 Å². The number of ether oxygens (including phenoxy) is 2. The molecule has 5 heteroatoms. The van der Waals surface area contributed by atoms with Crippen molar-refractivity contribution >= 4 is 11.0 Å². The van der Waals surface area contributed by atoms with Crippen LogP contribution in [0.2, 0.25) is 0 Å². The summed E-state index contributed by atoms with van der Waals surface area (Å²) in [4.78, 5) is 4.69. The van der Waals surface area contributed by atoms with Gasteiger partial charge in [0.25, 0.3) is 0 Å². The van der Waals surface area contributed by atoms with E-state index in [-0.39, 0.29) is 6.61 Å². The van der Waals surface area contributed by atoms with Gasteiger partial charge in [-0.15, -0.1) is 0 Å². The third-order valence-corrected chi connectivity index (χ3v) is 4.10. The molecule has 132 valence electrons. The quantitative estimate of drug-likeness (QED) is 0.682. The molecule has 5 nitrogen and oxygen atoms in total. The number of fused-ring (bicyclic) bond motifs is 1. The number of aryl methyl sites for hydroxylation is 1. The molecule has 1 heterocycles. The maximum absolute atomic E-state index is 10.4. The van der Waals surface area contributed by atoms with E-state index in [0.717, 1.165) is 35.4 Å². The van der Waals surface area contributed by atoms with E-state index in [9.17, 15) is 5.11 Å². The van der Waals surface area contributed by atoms with Crippen LogP contribution >= 0.6 is 0 Å². The van der Waals surface area contributed by atoms with Gasteiger partial charge in [-0.25, -0.2) is 4.98 Å². The number of nitrogens with zero attached hydrogens (tertiary/aromatic N) is 2. The first-order chi connectivity index (χ1) is 12.2. The molecule has 0 spiro atoms. The van der Waals surface area contributed by atoms with E-state index in [2.05, 4.69) is 16.5 Å². The summed E-state index contributed by atoms with van der Waals surface area (Å²) in [6.45, 7) is 2.82. The average molecular weight is 340 g/mol. The minimum Gasteiger partial charge on any atom is -0.497 e. The number of para-hydroxylation sites is 2. The zero-order valence-corrected chi connectivity index (χ0v) is 14.7. The molecule has 0 saturated carbocycles. The fourth-order valence-corrected chi connectivity index (χ4v) is 2.87. The summed E-state index contributed by atoms with van der Waals surface area (Å²) in [5.41, 5.74) is 2.02. The predicted molar refractivity (Wildman–Crippen MR) is 98.2 cm³/mol. The van der Waals surface area contributed by atoms with Gasteiger partial charge in [0.15, 0.2) is 0 Å². The Morgan fingerprint density at radius 1 is 1.08 bits per heavy atom. The first-order valence-corrected chi connectivity index (χ1v) is 8.60. The predicted octanol–water partition coefficient (Wildman–Crippen LogP) is 3.44. The smallest absolute Gasteiger partial charge is 0.119 e. The minimum absolute atomic E-state index is 0.227. The molecule has 3 rings (SSSR count). The standard InChI is InChI=1S/C20H24N2O3/c1-3-6-20-21-18-7-4-5-8-19(18)22(20)13-15(23)14-25-17-11-9-16(24-2)10-12-17/h4-5,7-12,15,23H,3,6,13-14H2,1-2H3/t15-/m1/s1. The highest BCUT2D eigenvalue weighted by Crippen LogP contribution is 2.19. The molecule has 1 aromatic heterocycles. The van der Waals surface area contributed by atoms with Crippen LogP contribution in [0.15, 0.2) is 48.5 Å². The van der Waals surface area contributed by atoms with Gasteiger partial charge in [-0.1, -0.05) is 19.1 Å². The summed E-state index contributed by atoms with van der Waals surface area (Å²) in [5, 5.41) is 10.4. The molecule has 1 N–H and O–H groups in total. The second-order valence-corrected chi connectivity index (χ2v) is 6.02. The highest BCUT2D eigenvalue weighted by molar-refractivity contribution is 5.75. The molecule has 0 bridgehead atoms. The van der Waals surface area contributed by atoms with Crippen molar-refractivity contribution in [3.05, 3.63) is 54.4 Å². The zero-order valence-electron chi connectivity index (χ0n) is 14.7. The van der Waals surface area contributed by atoms with Gasteiger partial charge in [-0.3, -0.25) is 0 Å². The third kappa shape index (κ3) is 4.12. The van der Waals surface area contributed by atoms with E-state index in [4.69, 9.17) is 9.47 Å². The lowest BCUT2D eigenvalue weighted by molar-refractivity contribution is 0.0927. The maximum Gasteiger partial charge on any atom is 0.119 e. The number of methoxy groups -OCH3 is 1. The molecule has 2 aromatic carbocycles. The van der Waals surface area contributed by atoms with Crippen LogP contribution in [0.5, 0.6) is 11.5 Å². The van der Waals surface area contributed by atoms with E-state index in [1.165, 1.54) is 0 Å². The first-order valence-electron chi connectivity index (χ1n) is 8.60. The Kier molecular flexibility index (Phi) is 5.56. The van der Waals surface area contributed by atoms with Gasteiger partial charge < -0.3 is 19.1 Å². The fraction of sp³-hybridized carbons (Fsp3) is 0.350. The van der Waals surface area contributed by atoms with Gasteiger partial charge in [-0.05, 0) is 42.8 Å². The van der Waals surface area contributed by atoms with Crippen molar-refractivity contribution in [3.63, 3.8) is 0 Å². The largest absolute Gasteiger partial charge is 0.497 e. The maximum atomic E-state index is 10.4. The molecule has 0 aliphatic rings. The van der Waals surface area contributed by atoms with Gasteiger partial charge in [0.1, 0.15) is 30.0 Å². The van der Waals surface area contributed by atoms with Crippen molar-refractivity contribution in [2.45, 2.75) is 32.4 Å². The van der Waals surface area contributed by atoms with Crippen LogP contribution < -0.4 is 9.47 Å². The summed E-state index contributed by atoms with van der Waals surface area (Å²) in [6.07, 6.45) is 1.29. The third-order valence-electron chi connectivity index (χ3n) is 4.10. The number of aliphatic hydroxyl groups excluding tert-OH is 1. The fourth-order valence-electron chi connectivity index (χ4n) is 2.87. The normalized spacial score (nSPS) is 12.3. The monoisotopic (exact) mass is 340 g/mol. The second-order valence-electron chi connectivity index (χ2n) is 6.02. The van der Waals surface area contributed by atoms with Crippen molar-refractivity contribution in [3.8, 4) is 11.5 Å². The second kappa shape index (κ2) is 8.03. The Hall–Kier alpha value is -2.53. The molecule has 25 heavy (non-hydrogen) atoms. The Bertz CT molecular complexity index is 811. The number of rotatable bonds is 8. The van der Waals surface area contributed by atoms with Crippen LogP contribution in [0.1, 0.15) is 19.2 Å². The Balaban J connectivity index is 1.68. The molecule has 3 aromatic rings. The van der Waals surface area contributed by atoms with Gasteiger partial charge >= 0.3 is 0 Å². The lowest BCUT2D eigenvalue weighted by Gasteiger charge is -2.15. The van der Waals surface area contributed by atoms with Gasteiger partial charge in [0, 0.05) is 6.42 Å². The summed E-state index contributed by atoms with van der Waals surface area (Å²) in [6, 6.07) is 15.4. The van der Waals surface area contributed by atoms with E-state index in [1.54, 1.807) is 7.11 Å². The Labute approximate surface area is 147 Å². The van der Waals surface area contributed by atoms with Crippen molar-refractivity contribution < 1.29 is 14.6 Å². The molecule has 0 aliphatic carbocycles. The van der Waals surface area contributed by atoms with Crippen molar-refractivity contribution in [2.75, 3.05) is 13.7 Å². The molecule has 0 unspecified atom stereocenters. The number of benzene rings is 2. The molecule has 0 radical (unpaired) electrons. The Morgan fingerprint density at radius 3 is 2.52 bits per heavy atom. The lowest BCUT2D eigenvalue weighted by atomic mass is 10.3. The Morgan fingerprint density at radius 2 is 1.80 bits per heavy atom. The lowest BCUT2D eigenvalue weighted by Crippen LogP contribution is -2.24. The summed E-state index contributed by atoms with van der Waals surface area (Å²) in [5.74, 6) is 2.50. The van der Waals surface area contributed by atoms with Crippen molar-refractivity contribution in [1.29, 1.82) is 0 Å². The number of imidazole rings is 1. The highest BCUT2D eigenvalue weighted by Gasteiger charge is 2.14. The van der Waals surface area contributed by atoms with E-state index in [1.807, 2.05) is 48.5 Å². The number of hydrogen-bond acceptors (Lipinski definition) is 4. The summed E-state index contributed by atoms with van der Waals surface area (Å²) < 4.78 is 12.9. The number of aromatic nitrogens is 2.